The Balaban J connectivity index is 0. The van der Waals surface area contributed by atoms with Gasteiger partial charge in [0.05, 0.1) is 20.6 Å². The molecule has 0 radical (unpaired) electrons. The number of ether oxygens (including phenoxy) is 2. The van der Waals surface area contributed by atoms with Gasteiger partial charge in [0.1, 0.15) is 0 Å². The summed E-state index contributed by atoms with van der Waals surface area (Å²) in [5, 5.41) is 0. The van der Waals surface area contributed by atoms with Crippen molar-refractivity contribution >= 4 is 17.7 Å². The van der Waals surface area contributed by atoms with Crippen molar-refractivity contribution in [3.63, 3.8) is 0 Å². The normalized spacial score (nSPS) is 7.85. The fourth-order valence-electron chi connectivity index (χ4n) is 0.456. The van der Waals surface area contributed by atoms with Crippen LogP contribution in [0, 0.1) is 6.42 Å². The van der Waals surface area contributed by atoms with Gasteiger partial charge in [-0.2, -0.15) is 0 Å². The third-order valence-corrected chi connectivity index (χ3v) is 1.03. The van der Waals surface area contributed by atoms with Gasteiger partial charge in [-0.25, -0.2) is 6.42 Å². The first-order valence-electron chi connectivity index (χ1n) is 3.12. The van der Waals surface area contributed by atoms with Crippen LogP contribution in [0.5, 0.6) is 0 Å². The maximum atomic E-state index is 10.7. The molecule has 0 rings (SSSR count). The molecule has 0 bridgehead atoms. The van der Waals surface area contributed by atoms with E-state index in [0.717, 1.165) is 14.2 Å². The number of esters is 2. The summed E-state index contributed by atoms with van der Waals surface area (Å²) in [4.78, 5) is 31.6. The van der Waals surface area contributed by atoms with Crippen molar-refractivity contribution in [3.05, 3.63) is 6.42 Å². The Kier molecular flexibility index (Phi) is 9.33. The third-order valence-electron chi connectivity index (χ3n) is 1.03. The smallest absolute Gasteiger partial charge is 0.491 e. The minimum absolute atomic E-state index is 0. The Morgan fingerprint density at radius 3 is 2.08 bits per heavy atom. The van der Waals surface area contributed by atoms with Crippen molar-refractivity contribution in [2.24, 2.45) is 0 Å². The zero-order valence-electron chi connectivity index (χ0n) is 7.83. The van der Waals surface area contributed by atoms with Gasteiger partial charge in [0, 0.05) is 5.78 Å². The second-order valence-electron chi connectivity index (χ2n) is 1.89. The molecule has 5 nitrogen and oxygen atoms in total. The second kappa shape index (κ2) is 8.10. The summed E-state index contributed by atoms with van der Waals surface area (Å²) in [6, 6.07) is 0. The van der Waals surface area contributed by atoms with Gasteiger partial charge in [-0.3, -0.25) is 9.59 Å². The Bertz CT molecular complexity index is 181. The number of ketones is 1. The second-order valence-corrected chi connectivity index (χ2v) is 1.89. The number of rotatable bonds is 4. The molecule has 0 heterocycles. The molecular formula is C7H9NaO5. The Hall–Kier alpha value is -0.520. The van der Waals surface area contributed by atoms with E-state index in [9.17, 15) is 14.4 Å². The summed E-state index contributed by atoms with van der Waals surface area (Å²) < 4.78 is 8.37. The van der Waals surface area contributed by atoms with Gasteiger partial charge >= 0.3 is 35.5 Å². The molecule has 0 aliphatic carbocycles. The van der Waals surface area contributed by atoms with E-state index in [2.05, 4.69) is 9.47 Å². The number of methoxy groups -OCH3 is 2. The monoisotopic (exact) mass is 196 g/mol. The van der Waals surface area contributed by atoms with Crippen LogP contribution in [-0.2, 0) is 23.9 Å². The maximum Gasteiger partial charge on any atom is 1.00 e. The molecule has 0 unspecified atom stereocenters. The molecule has 0 saturated carbocycles. The molecule has 0 saturated heterocycles. The van der Waals surface area contributed by atoms with Crippen LogP contribution in [0.3, 0.4) is 0 Å². The van der Waals surface area contributed by atoms with Crippen molar-refractivity contribution in [2.45, 2.75) is 6.42 Å². The molecule has 0 aliphatic heterocycles. The summed E-state index contributed by atoms with van der Waals surface area (Å²) in [6.45, 7) is 0. The molecule has 13 heavy (non-hydrogen) atoms. The average Bonchev–Trinajstić information content (AvgIpc) is 2.03. The molecule has 68 valence electrons. The number of Topliss-reactive ketones (excluding diaryl/α,β-unsaturated/α-hetero) is 1. The van der Waals surface area contributed by atoms with Crippen LogP contribution in [0.4, 0.5) is 0 Å². The van der Waals surface area contributed by atoms with E-state index < -0.39 is 24.1 Å². The predicted octanol–water partition coefficient (Wildman–Crippen LogP) is -3.50. The molecule has 0 fully saturated rings. The van der Waals surface area contributed by atoms with Crippen LogP contribution in [0.1, 0.15) is 6.42 Å². The summed E-state index contributed by atoms with van der Waals surface area (Å²) in [7, 11) is 2.30. The van der Waals surface area contributed by atoms with Crippen LogP contribution < -0.4 is 29.6 Å². The molecular weight excluding hydrogens is 187 g/mol. The van der Waals surface area contributed by atoms with Crippen molar-refractivity contribution in [1.29, 1.82) is 0 Å². The number of hydrogen-bond acceptors (Lipinski definition) is 5. The van der Waals surface area contributed by atoms with Crippen molar-refractivity contribution in [3.8, 4) is 0 Å². The Morgan fingerprint density at radius 2 is 1.69 bits per heavy atom. The SMILES string of the molecule is COC(=O)[CH-]C(=O)CC(=O)OC.[Na+]. The van der Waals surface area contributed by atoms with E-state index >= 15 is 0 Å². The van der Waals surface area contributed by atoms with Crippen LogP contribution in [-0.4, -0.2) is 31.9 Å². The molecule has 0 N–H and O–H groups in total. The van der Waals surface area contributed by atoms with E-state index in [-0.39, 0.29) is 29.6 Å². The minimum atomic E-state index is -0.774. The fourth-order valence-corrected chi connectivity index (χ4v) is 0.456. The number of carbonyl (C=O) groups excluding carboxylic acids is 3. The van der Waals surface area contributed by atoms with E-state index in [4.69, 9.17) is 0 Å². The third kappa shape index (κ3) is 7.83. The topological polar surface area (TPSA) is 69.7 Å². The van der Waals surface area contributed by atoms with Gasteiger partial charge in [0.2, 0.25) is 0 Å². The zero-order valence-corrected chi connectivity index (χ0v) is 9.83. The molecule has 0 aromatic rings. The number of carbonyl (C=O) groups is 3. The van der Waals surface area contributed by atoms with Gasteiger partial charge < -0.3 is 14.3 Å². The molecule has 0 aromatic carbocycles. The van der Waals surface area contributed by atoms with Crippen LogP contribution >= 0.6 is 0 Å². The molecule has 6 heteroatoms. The number of hydrogen-bond donors (Lipinski definition) is 0. The fraction of sp³-hybridized carbons (Fsp3) is 0.429. The van der Waals surface area contributed by atoms with E-state index in [1.165, 1.54) is 0 Å². The van der Waals surface area contributed by atoms with Crippen LogP contribution in [0.25, 0.3) is 0 Å². The minimum Gasteiger partial charge on any atom is -0.491 e. The molecule has 0 spiro atoms. The van der Waals surface area contributed by atoms with Gasteiger partial charge in [-0.1, -0.05) is 0 Å². The van der Waals surface area contributed by atoms with Crippen LogP contribution in [0.2, 0.25) is 0 Å². The maximum absolute atomic E-state index is 10.7. The summed E-state index contributed by atoms with van der Waals surface area (Å²) in [6.07, 6.45) is 0.266. The zero-order chi connectivity index (χ0) is 9.56. The molecule has 0 amide bonds. The van der Waals surface area contributed by atoms with Crippen molar-refractivity contribution in [2.75, 3.05) is 14.2 Å². The van der Waals surface area contributed by atoms with Crippen LogP contribution in [0.15, 0.2) is 0 Å². The van der Waals surface area contributed by atoms with Crippen molar-refractivity contribution < 1.29 is 53.4 Å². The summed E-state index contributed by atoms with van der Waals surface area (Å²) in [5.41, 5.74) is 0. The first-order valence-corrected chi connectivity index (χ1v) is 3.12. The Morgan fingerprint density at radius 1 is 1.15 bits per heavy atom. The first-order chi connectivity index (χ1) is 5.60. The van der Waals surface area contributed by atoms with Crippen molar-refractivity contribution in [1.82, 2.24) is 0 Å². The van der Waals surface area contributed by atoms with E-state index in [1.807, 2.05) is 0 Å². The summed E-state index contributed by atoms with van der Waals surface area (Å²) >= 11 is 0. The first kappa shape index (κ1) is 15.0. The standard InChI is InChI=1S/C7H9O5.Na/c1-11-6(9)3-5(8)4-7(10)12-2;/h3H,4H2,1-2H3;/q-1;+1. The Labute approximate surface area is 98.1 Å². The van der Waals surface area contributed by atoms with E-state index in [0.29, 0.717) is 6.42 Å². The quantitative estimate of drug-likeness (QED) is 0.202. The predicted molar refractivity (Wildman–Crippen MR) is 38.0 cm³/mol. The van der Waals surface area contributed by atoms with Gasteiger partial charge in [0.25, 0.3) is 0 Å². The van der Waals surface area contributed by atoms with E-state index in [1.54, 1.807) is 0 Å². The van der Waals surface area contributed by atoms with Gasteiger partial charge in [-0.15, -0.1) is 0 Å². The van der Waals surface area contributed by atoms with Gasteiger partial charge in [0.15, 0.2) is 5.97 Å². The summed E-state index contributed by atoms with van der Waals surface area (Å²) in [5.74, 6) is -2.09. The van der Waals surface area contributed by atoms with Gasteiger partial charge in [-0.05, 0) is 0 Å². The average molecular weight is 196 g/mol. The molecule has 0 aliphatic rings. The molecule has 0 atom stereocenters. The molecule has 0 aromatic heterocycles. The largest absolute Gasteiger partial charge is 1.00 e.